The van der Waals surface area contributed by atoms with Crippen LogP contribution in [0.25, 0.3) is 6.08 Å². The molecule has 0 atom stereocenters. The molecular formula is C16H15N3O4S. The number of aromatic nitrogens is 1. The highest BCUT2D eigenvalue weighted by atomic mass is 32.1. The molecule has 0 fully saturated rings. The Morgan fingerprint density at radius 1 is 1.25 bits per heavy atom. The normalized spacial score (nSPS) is 12.1. The monoisotopic (exact) mass is 345 g/mol. The number of carbonyl (C=O) groups is 1. The number of amides is 1. The number of hydrogen-bond acceptors (Lipinski definition) is 6. The SMILES string of the molecule is CC(=NNC(=O)/C(C)=C/c1ccccc1)c1c(O)sc(=O)[nH]c1=O. The van der Waals surface area contributed by atoms with Crippen molar-refractivity contribution in [2.75, 3.05) is 0 Å². The molecule has 7 nitrogen and oxygen atoms in total. The van der Waals surface area contributed by atoms with Gasteiger partial charge < -0.3 is 5.11 Å². The molecule has 0 saturated heterocycles. The fourth-order valence-electron chi connectivity index (χ4n) is 1.88. The molecule has 0 unspecified atom stereocenters. The van der Waals surface area contributed by atoms with Crippen molar-refractivity contribution >= 4 is 29.0 Å². The zero-order valence-corrected chi connectivity index (χ0v) is 13.8. The van der Waals surface area contributed by atoms with E-state index in [-0.39, 0.29) is 11.3 Å². The number of nitrogens with zero attached hydrogens (tertiary/aromatic N) is 1. The highest BCUT2D eigenvalue weighted by molar-refractivity contribution is 7.11. The molecule has 2 rings (SSSR count). The lowest BCUT2D eigenvalue weighted by atomic mass is 10.1. The Bertz CT molecular complexity index is 926. The third-order valence-electron chi connectivity index (χ3n) is 3.07. The summed E-state index contributed by atoms with van der Waals surface area (Å²) in [6.45, 7) is 3.07. The van der Waals surface area contributed by atoms with Crippen LogP contribution in [0.4, 0.5) is 0 Å². The predicted molar refractivity (Wildman–Crippen MR) is 93.3 cm³/mol. The van der Waals surface area contributed by atoms with E-state index in [1.165, 1.54) is 6.92 Å². The fraction of sp³-hybridized carbons (Fsp3) is 0.125. The van der Waals surface area contributed by atoms with Crippen molar-refractivity contribution in [3.8, 4) is 5.06 Å². The first-order chi connectivity index (χ1) is 11.4. The second kappa shape index (κ2) is 7.51. The molecule has 0 aliphatic rings. The summed E-state index contributed by atoms with van der Waals surface area (Å²) < 4.78 is 0. The van der Waals surface area contributed by atoms with E-state index in [1.54, 1.807) is 13.0 Å². The Hall–Kier alpha value is -3.00. The Morgan fingerprint density at radius 3 is 2.54 bits per heavy atom. The van der Waals surface area contributed by atoms with Gasteiger partial charge >= 0.3 is 4.87 Å². The molecule has 1 heterocycles. The predicted octanol–water partition coefficient (Wildman–Crippen LogP) is 1.45. The average molecular weight is 345 g/mol. The summed E-state index contributed by atoms with van der Waals surface area (Å²) in [5.41, 5.74) is 2.79. The molecule has 0 aliphatic heterocycles. The molecule has 1 aromatic carbocycles. The van der Waals surface area contributed by atoms with Gasteiger partial charge in [0, 0.05) is 5.57 Å². The molecule has 1 amide bonds. The number of rotatable bonds is 4. The Labute approximate surface area is 141 Å². The highest BCUT2D eigenvalue weighted by Gasteiger charge is 2.13. The van der Waals surface area contributed by atoms with Crippen LogP contribution in [0.1, 0.15) is 25.0 Å². The maximum atomic E-state index is 12.0. The number of hydrazone groups is 1. The van der Waals surface area contributed by atoms with Gasteiger partial charge in [-0.3, -0.25) is 19.4 Å². The summed E-state index contributed by atoms with van der Waals surface area (Å²) in [5.74, 6) is -0.446. The van der Waals surface area contributed by atoms with Crippen LogP contribution in [-0.4, -0.2) is 21.7 Å². The van der Waals surface area contributed by atoms with Crippen LogP contribution in [0.3, 0.4) is 0 Å². The van der Waals surface area contributed by atoms with E-state index in [0.717, 1.165) is 5.56 Å². The molecule has 2 aromatic rings. The Morgan fingerprint density at radius 2 is 1.92 bits per heavy atom. The van der Waals surface area contributed by atoms with Crippen LogP contribution in [0, 0.1) is 0 Å². The van der Waals surface area contributed by atoms with Crippen molar-refractivity contribution in [3.05, 3.63) is 67.1 Å². The van der Waals surface area contributed by atoms with Crippen molar-refractivity contribution < 1.29 is 9.90 Å². The second-order valence-electron chi connectivity index (χ2n) is 4.90. The minimum absolute atomic E-state index is 0.0888. The van der Waals surface area contributed by atoms with E-state index in [0.29, 0.717) is 16.9 Å². The van der Waals surface area contributed by atoms with Crippen LogP contribution in [0.15, 0.2) is 50.6 Å². The van der Waals surface area contributed by atoms with Crippen LogP contribution in [-0.2, 0) is 4.79 Å². The van der Waals surface area contributed by atoms with Gasteiger partial charge in [-0.1, -0.05) is 30.3 Å². The second-order valence-corrected chi connectivity index (χ2v) is 5.86. The lowest BCUT2D eigenvalue weighted by molar-refractivity contribution is -0.117. The number of H-pyrrole nitrogens is 1. The summed E-state index contributed by atoms with van der Waals surface area (Å²) in [4.78, 5) is 36.2. The molecule has 0 radical (unpaired) electrons. The van der Waals surface area contributed by atoms with Gasteiger partial charge in [0.15, 0.2) is 5.06 Å². The molecule has 3 N–H and O–H groups in total. The molecule has 0 aliphatic carbocycles. The molecule has 0 bridgehead atoms. The number of aromatic amines is 1. The lowest BCUT2D eigenvalue weighted by Crippen LogP contribution is -2.25. The van der Waals surface area contributed by atoms with Crippen molar-refractivity contribution in [2.24, 2.45) is 5.10 Å². The van der Waals surface area contributed by atoms with Gasteiger partial charge in [0.05, 0.1) is 5.71 Å². The van der Waals surface area contributed by atoms with Crippen LogP contribution in [0.5, 0.6) is 5.06 Å². The van der Waals surface area contributed by atoms with Gasteiger partial charge in [-0.2, -0.15) is 5.10 Å². The van der Waals surface area contributed by atoms with E-state index >= 15 is 0 Å². The van der Waals surface area contributed by atoms with Crippen LogP contribution >= 0.6 is 11.3 Å². The van der Waals surface area contributed by atoms with Gasteiger partial charge in [0.25, 0.3) is 11.5 Å². The van der Waals surface area contributed by atoms with Gasteiger partial charge in [-0.15, -0.1) is 0 Å². The van der Waals surface area contributed by atoms with E-state index in [1.807, 2.05) is 35.3 Å². The van der Waals surface area contributed by atoms with Gasteiger partial charge in [-0.05, 0) is 36.8 Å². The maximum Gasteiger partial charge on any atom is 0.310 e. The molecule has 0 spiro atoms. The number of benzene rings is 1. The molecule has 0 saturated carbocycles. The largest absolute Gasteiger partial charge is 0.499 e. The van der Waals surface area contributed by atoms with E-state index in [9.17, 15) is 19.5 Å². The van der Waals surface area contributed by atoms with Gasteiger partial charge in [0.2, 0.25) is 0 Å². The standard InChI is InChI=1S/C16H15N3O4S/c1-9(8-11-6-4-3-5-7-11)13(20)19-18-10(2)12-14(21)17-16(23)24-15(12)22/h3-8,22H,1-2H3,(H,19,20)(H,17,21,23)/b9-8+,18-10?. The number of nitrogens with one attached hydrogen (secondary N) is 2. The summed E-state index contributed by atoms with van der Waals surface area (Å²) in [7, 11) is 0. The number of aromatic hydroxyl groups is 1. The minimum atomic E-state index is -0.761. The van der Waals surface area contributed by atoms with Crippen molar-refractivity contribution in [1.29, 1.82) is 0 Å². The maximum absolute atomic E-state index is 12.0. The summed E-state index contributed by atoms with van der Waals surface area (Å²) in [5, 5.41) is 13.1. The molecule has 24 heavy (non-hydrogen) atoms. The van der Waals surface area contributed by atoms with Crippen LogP contribution in [0.2, 0.25) is 0 Å². The van der Waals surface area contributed by atoms with Crippen molar-refractivity contribution in [3.63, 3.8) is 0 Å². The van der Waals surface area contributed by atoms with Crippen molar-refractivity contribution in [1.82, 2.24) is 10.4 Å². The zero-order valence-electron chi connectivity index (χ0n) is 13.0. The van der Waals surface area contributed by atoms with Gasteiger partial charge in [0.1, 0.15) is 5.56 Å². The first-order valence-electron chi connectivity index (χ1n) is 6.93. The first kappa shape index (κ1) is 17.4. The topological polar surface area (TPSA) is 112 Å². The van der Waals surface area contributed by atoms with E-state index in [2.05, 4.69) is 10.5 Å². The fourth-order valence-corrected chi connectivity index (χ4v) is 2.54. The Kier molecular flexibility index (Phi) is 5.43. The average Bonchev–Trinajstić information content (AvgIpc) is 2.52. The van der Waals surface area contributed by atoms with Gasteiger partial charge in [-0.25, -0.2) is 5.43 Å². The first-order valence-corrected chi connectivity index (χ1v) is 7.75. The summed E-state index contributed by atoms with van der Waals surface area (Å²) in [6.07, 6.45) is 1.69. The minimum Gasteiger partial charge on any atom is -0.499 e. The molecule has 124 valence electrons. The lowest BCUT2D eigenvalue weighted by Gasteiger charge is -2.04. The zero-order chi connectivity index (χ0) is 17.7. The molecule has 8 heteroatoms. The molecule has 1 aromatic heterocycles. The third-order valence-corrected chi connectivity index (χ3v) is 3.76. The summed E-state index contributed by atoms with van der Waals surface area (Å²) >= 11 is 0.483. The van der Waals surface area contributed by atoms with E-state index < -0.39 is 21.4 Å². The summed E-state index contributed by atoms with van der Waals surface area (Å²) in [6, 6.07) is 9.30. The number of carbonyl (C=O) groups excluding carboxylic acids is 1. The van der Waals surface area contributed by atoms with E-state index in [4.69, 9.17) is 0 Å². The Balaban J connectivity index is 2.18. The third kappa shape index (κ3) is 4.26. The quantitative estimate of drug-likeness (QED) is 0.442. The molecular weight excluding hydrogens is 330 g/mol. The number of hydrogen-bond donors (Lipinski definition) is 3. The van der Waals surface area contributed by atoms with Crippen LogP contribution < -0.4 is 15.9 Å². The van der Waals surface area contributed by atoms with Crippen molar-refractivity contribution in [2.45, 2.75) is 13.8 Å². The smallest absolute Gasteiger partial charge is 0.310 e. The highest BCUT2D eigenvalue weighted by Crippen LogP contribution is 2.15.